The van der Waals surface area contributed by atoms with Gasteiger partial charge in [-0.05, 0) is 31.5 Å². The van der Waals surface area contributed by atoms with E-state index < -0.39 is 10.0 Å². The van der Waals surface area contributed by atoms with Gasteiger partial charge in [-0.1, -0.05) is 25.5 Å². The van der Waals surface area contributed by atoms with Gasteiger partial charge in [0.25, 0.3) is 5.91 Å². The first-order chi connectivity index (χ1) is 11.0. The van der Waals surface area contributed by atoms with Crippen LogP contribution in [-0.2, 0) is 10.0 Å². The van der Waals surface area contributed by atoms with E-state index in [4.69, 9.17) is 0 Å². The molecule has 0 aromatic heterocycles. The number of benzene rings is 2. The predicted octanol–water partition coefficient (Wildman–Crippen LogP) is 2.90. The van der Waals surface area contributed by atoms with Crippen LogP contribution in [-0.4, -0.2) is 27.4 Å². The highest BCUT2D eigenvalue weighted by atomic mass is 32.2. The lowest BCUT2D eigenvalue weighted by atomic mass is 10.1. The van der Waals surface area contributed by atoms with Crippen LogP contribution in [0.1, 0.15) is 37.0 Å². The molecule has 0 atom stereocenters. The Balaban J connectivity index is 2.16. The molecule has 1 aliphatic rings. The molecule has 5 nitrogen and oxygen atoms in total. The second-order valence-electron chi connectivity index (χ2n) is 5.61. The van der Waals surface area contributed by atoms with E-state index in [1.807, 2.05) is 13.8 Å². The lowest BCUT2D eigenvalue weighted by Crippen LogP contribution is -2.26. The summed E-state index contributed by atoms with van der Waals surface area (Å²) in [6.07, 6.45) is 1.72. The first kappa shape index (κ1) is 16.0. The Morgan fingerprint density at radius 1 is 1.13 bits per heavy atom. The fourth-order valence-corrected chi connectivity index (χ4v) is 4.30. The Morgan fingerprint density at radius 3 is 2.61 bits per heavy atom. The summed E-state index contributed by atoms with van der Waals surface area (Å²) in [6, 6.07) is 8.59. The maximum Gasteiger partial charge on any atom is 0.258 e. The van der Waals surface area contributed by atoms with Crippen molar-refractivity contribution in [1.29, 1.82) is 0 Å². The SMILES string of the molecule is CCCCNS(=O)(=O)c1ccc2c3c(cccc13)C(=O)N2CC. The maximum absolute atomic E-state index is 12.6. The van der Waals surface area contributed by atoms with Crippen LogP contribution in [0.15, 0.2) is 35.2 Å². The van der Waals surface area contributed by atoms with Gasteiger partial charge in [0.15, 0.2) is 0 Å². The fraction of sp³-hybridized carbons (Fsp3) is 0.353. The lowest BCUT2D eigenvalue weighted by molar-refractivity contribution is 0.0994. The van der Waals surface area contributed by atoms with Crippen molar-refractivity contribution in [2.24, 2.45) is 0 Å². The molecule has 0 radical (unpaired) electrons. The number of carbonyl (C=O) groups is 1. The van der Waals surface area contributed by atoms with Crippen molar-refractivity contribution in [2.75, 3.05) is 18.0 Å². The molecule has 1 aliphatic heterocycles. The van der Waals surface area contributed by atoms with Crippen LogP contribution in [0.5, 0.6) is 0 Å². The summed E-state index contributed by atoms with van der Waals surface area (Å²) < 4.78 is 27.8. The quantitative estimate of drug-likeness (QED) is 0.827. The molecule has 1 amide bonds. The predicted molar refractivity (Wildman–Crippen MR) is 91.4 cm³/mol. The Hall–Kier alpha value is -1.92. The summed E-state index contributed by atoms with van der Waals surface area (Å²) in [6.45, 7) is 4.90. The molecule has 1 heterocycles. The van der Waals surface area contributed by atoms with Gasteiger partial charge < -0.3 is 4.90 Å². The minimum atomic E-state index is -3.59. The van der Waals surface area contributed by atoms with Crippen molar-refractivity contribution in [3.63, 3.8) is 0 Å². The van der Waals surface area contributed by atoms with Crippen LogP contribution < -0.4 is 9.62 Å². The normalized spacial score (nSPS) is 14.0. The molecule has 6 heteroatoms. The molecule has 122 valence electrons. The molecular weight excluding hydrogens is 312 g/mol. The number of carbonyl (C=O) groups excluding carboxylic acids is 1. The number of anilines is 1. The molecule has 0 fully saturated rings. The summed E-state index contributed by atoms with van der Waals surface area (Å²) >= 11 is 0. The van der Waals surface area contributed by atoms with Crippen LogP contribution in [0.3, 0.4) is 0 Å². The molecule has 0 bridgehead atoms. The highest BCUT2D eigenvalue weighted by Gasteiger charge is 2.31. The number of unbranched alkanes of at least 4 members (excludes halogenated alkanes) is 1. The van der Waals surface area contributed by atoms with Crippen LogP contribution in [0, 0.1) is 0 Å². The zero-order chi connectivity index (χ0) is 16.6. The highest BCUT2D eigenvalue weighted by molar-refractivity contribution is 7.89. The van der Waals surface area contributed by atoms with E-state index >= 15 is 0 Å². The first-order valence-corrected chi connectivity index (χ1v) is 9.36. The first-order valence-electron chi connectivity index (χ1n) is 7.88. The fourth-order valence-electron chi connectivity index (χ4n) is 3.03. The summed E-state index contributed by atoms with van der Waals surface area (Å²) in [5.74, 6) is -0.0680. The molecule has 0 spiro atoms. The van der Waals surface area contributed by atoms with Crippen molar-refractivity contribution < 1.29 is 13.2 Å². The molecule has 23 heavy (non-hydrogen) atoms. The van der Waals surface area contributed by atoms with Gasteiger partial charge in [-0.3, -0.25) is 4.79 Å². The van der Waals surface area contributed by atoms with Crippen LogP contribution in [0.4, 0.5) is 5.69 Å². The Kier molecular flexibility index (Phi) is 4.12. The molecule has 0 saturated heterocycles. The molecule has 0 unspecified atom stereocenters. The van der Waals surface area contributed by atoms with Crippen molar-refractivity contribution in [2.45, 2.75) is 31.6 Å². The average Bonchev–Trinajstić information content (AvgIpc) is 2.81. The Morgan fingerprint density at radius 2 is 1.91 bits per heavy atom. The van der Waals surface area contributed by atoms with Gasteiger partial charge >= 0.3 is 0 Å². The average molecular weight is 332 g/mol. The van der Waals surface area contributed by atoms with Gasteiger partial charge in [-0.2, -0.15) is 0 Å². The molecule has 2 aromatic carbocycles. The number of rotatable bonds is 6. The standard InChI is InChI=1S/C17H20N2O3S/c1-3-5-11-18-23(21,22)15-10-9-14-16-12(15)7-6-8-13(16)17(20)19(14)4-2/h6-10,18H,3-5,11H2,1-2H3. The number of hydrogen-bond donors (Lipinski definition) is 1. The van der Waals surface area contributed by atoms with E-state index in [1.54, 1.807) is 35.2 Å². The number of hydrogen-bond acceptors (Lipinski definition) is 3. The van der Waals surface area contributed by atoms with Crippen LogP contribution in [0.25, 0.3) is 10.8 Å². The third-order valence-corrected chi connectivity index (χ3v) is 5.69. The molecule has 0 aliphatic carbocycles. The molecule has 2 aromatic rings. The number of sulfonamides is 1. The van der Waals surface area contributed by atoms with E-state index in [0.717, 1.165) is 23.9 Å². The van der Waals surface area contributed by atoms with Gasteiger partial charge in [0.05, 0.1) is 10.6 Å². The Labute approximate surface area is 136 Å². The van der Waals surface area contributed by atoms with Gasteiger partial charge in [-0.15, -0.1) is 0 Å². The van der Waals surface area contributed by atoms with Crippen LogP contribution in [0.2, 0.25) is 0 Å². The maximum atomic E-state index is 12.6. The number of nitrogens with one attached hydrogen (secondary N) is 1. The second-order valence-corrected chi connectivity index (χ2v) is 7.35. The molecular formula is C17H20N2O3S. The molecule has 1 N–H and O–H groups in total. The van der Waals surface area contributed by atoms with Crippen molar-refractivity contribution >= 4 is 32.4 Å². The highest BCUT2D eigenvalue weighted by Crippen LogP contribution is 2.39. The second kappa shape index (κ2) is 5.94. The Bertz CT molecular complexity index is 875. The summed E-state index contributed by atoms with van der Waals surface area (Å²) in [7, 11) is -3.59. The number of amides is 1. The monoisotopic (exact) mass is 332 g/mol. The lowest BCUT2D eigenvalue weighted by Gasteiger charge is -2.15. The van der Waals surface area contributed by atoms with Crippen molar-refractivity contribution in [3.05, 3.63) is 35.9 Å². The van der Waals surface area contributed by atoms with Crippen molar-refractivity contribution in [3.8, 4) is 0 Å². The van der Waals surface area contributed by atoms with E-state index in [2.05, 4.69) is 4.72 Å². The van der Waals surface area contributed by atoms with E-state index in [1.165, 1.54) is 0 Å². The minimum Gasteiger partial charge on any atom is -0.308 e. The number of nitrogens with zero attached hydrogens (tertiary/aromatic N) is 1. The van der Waals surface area contributed by atoms with Crippen LogP contribution >= 0.6 is 0 Å². The zero-order valence-electron chi connectivity index (χ0n) is 13.3. The van der Waals surface area contributed by atoms with Gasteiger partial charge in [0.2, 0.25) is 10.0 Å². The summed E-state index contributed by atoms with van der Waals surface area (Å²) in [5, 5.41) is 1.34. The smallest absolute Gasteiger partial charge is 0.258 e. The summed E-state index contributed by atoms with van der Waals surface area (Å²) in [5.41, 5.74) is 1.36. The topological polar surface area (TPSA) is 66.5 Å². The van der Waals surface area contributed by atoms with Crippen molar-refractivity contribution in [1.82, 2.24) is 4.72 Å². The largest absolute Gasteiger partial charge is 0.308 e. The van der Waals surface area contributed by atoms with E-state index in [9.17, 15) is 13.2 Å². The van der Waals surface area contributed by atoms with Gasteiger partial charge in [0, 0.05) is 29.4 Å². The third-order valence-electron chi connectivity index (χ3n) is 4.17. The third kappa shape index (κ3) is 2.52. The molecule has 0 saturated carbocycles. The zero-order valence-corrected chi connectivity index (χ0v) is 14.1. The van der Waals surface area contributed by atoms with Gasteiger partial charge in [-0.25, -0.2) is 13.1 Å². The molecule has 3 rings (SSSR count). The van der Waals surface area contributed by atoms with Gasteiger partial charge in [0.1, 0.15) is 0 Å². The summed E-state index contributed by atoms with van der Waals surface area (Å²) in [4.78, 5) is 14.4. The van der Waals surface area contributed by atoms with E-state index in [0.29, 0.717) is 24.0 Å². The van der Waals surface area contributed by atoms with E-state index in [-0.39, 0.29) is 10.8 Å². The minimum absolute atomic E-state index is 0.0680.